The first-order chi connectivity index (χ1) is 9.33. The van der Waals surface area contributed by atoms with Crippen molar-refractivity contribution in [2.75, 3.05) is 10.5 Å². The van der Waals surface area contributed by atoms with Gasteiger partial charge in [0.1, 0.15) is 4.90 Å². The second-order valence-corrected chi connectivity index (χ2v) is 6.91. The van der Waals surface area contributed by atoms with Gasteiger partial charge in [-0.05, 0) is 41.1 Å². The van der Waals surface area contributed by atoms with Gasteiger partial charge in [-0.25, -0.2) is 8.42 Å². The van der Waals surface area contributed by atoms with Gasteiger partial charge in [-0.3, -0.25) is 9.40 Å². The number of anilines is 2. The van der Waals surface area contributed by atoms with Crippen molar-refractivity contribution >= 4 is 49.1 Å². The van der Waals surface area contributed by atoms with Crippen molar-refractivity contribution in [3.8, 4) is 0 Å². The topological polar surface area (TPSA) is 90.0 Å². The van der Waals surface area contributed by atoms with E-state index in [2.05, 4.69) is 25.8 Å². The Bertz CT molecular complexity index is 745. The molecule has 1 aromatic heterocycles. The molecular weight excluding hydrogens is 368 g/mol. The number of benzene rings is 1. The largest absolute Gasteiger partial charge is 0.381 e. The van der Waals surface area contributed by atoms with Crippen molar-refractivity contribution in [2.24, 2.45) is 0 Å². The molecule has 0 saturated heterocycles. The van der Waals surface area contributed by atoms with Gasteiger partial charge in [0.15, 0.2) is 5.82 Å². The van der Waals surface area contributed by atoms with Crippen LogP contribution in [0.2, 0.25) is 5.02 Å². The summed E-state index contributed by atoms with van der Waals surface area (Å²) in [5.41, 5.74) is 6.01. The maximum Gasteiger partial charge on any atom is 0.267 e. The summed E-state index contributed by atoms with van der Waals surface area (Å²) in [5.74, 6) is -0.0376. The summed E-state index contributed by atoms with van der Waals surface area (Å²) < 4.78 is 29.0. The van der Waals surface area contributed by atoms with Crippen LogP contribution in [0.25, 0.3) is 0 Å². The Morgan fingerprint density at radius 3 is 2.75 bits per heavy atom. The predicted octanol–water partition coefficient (Wildman–Crippen LogP) is 2.70. The van der Waals surface area contributed by atoms with E-state index in [1.807, 2.05) is 6.92 Å². The van der Waals surface area contributed by atoms with Crippen LogP contribution in [-0.4, -0.2) is 18.2 Å². The number of sulfonamides is 1. The van der Waals surface area contributed by atoms with Crippen LogP contribution in [0.4, 0.5) is 11.5 Å². The van der Waals surface area contributed by atoms with Crippen LogP contribution in [0.5, 0.6) is 0 Å². The average Bonchev–Trinajstić information content (AvgIpc) is 2.75. The molecule has 3 N–H and O–H groups in total. The number of hydrogen-bond donors (Lipinski definition) is 2. The van der Waals surface area contributed by atoms with Crippen LogP contribution in [0.15, 0.2) is 33.8 Å². The Balaban J connectivity index is 2.38. The Hall–Kier alpha value is -1.25. The third kappa shape index (κ3) is 3.08. The standard InChI is InChI=1S/C11H12BrClN4O2S/c1-2-17-6-10(11(14)15-17)20(18,19)16-9-4-3-7(13)5-8(9)12/h3-6,16H,2H2,1H3,(H2,14,15). The highest BCUT2D eigenvalue weighted by atomic mass is 79.9. The number of aryl methyl sites for hydroxylation is 1. The summed E-state index contributed by atoms with van der Waals surface area (Å²) in [4.78, 5) is -0.0544. The lowest BCUT2D eigenvalue weighted by atomic mass is 10.3. The van der Waals surface area contributed by atoms with E-state index in [-0.39, 0.29) is 10.7 Å². The van der Waals surface area contributed by atoms with Crippen molar-refractivity contribution < 1.29 is 8.42 Å². The quantitative estimate of drug-likeness (QED) is 0.854. The molecule has 2 aromatic rings. The first-order valence-electron chi connectivity index (χ1n) is 5.64. The Morgan fingerprint density at radius 2 is 2.20 bits per heavy atom. The first-order valence-corrected chi connectivity index (χ1v) is 8.29. The molecule has 6 nitrogen and oxygen atoms in total. The fourth-order valence-corrected chi connectivity index (χ4v) is 3.63. The molecule has 2 rings (SSSR count). The number of nitrogens with one attached hydrogen (secondary N) is 1. The highest BCUT2D eigenvalue weighted by Crippen LogP contribution is 2.28. The lowest BCUT2D eigenvalue weighted by Gasteiger charge is -2.09. The third-order valence-corrected chi connectivity index (χ3v) is 4.82. The number of aromatic nitrogens is 2. The molecule has 0 radical (unpaired) electrons. The van der Waals surface area contributed by atoms with E-state index in [4.69, 9.17) is 17.3 Å². The monoisotopic (exact) mass is 378 g/mol. The molecule has 0 aliphatic heterocycles. The minimum Gasteiger partial charge on any atom is -0.381 e. The molecule has 9 heteroatoms. The zero-order valence-corrected chi connectivity index (χ0v) is 13.6. The summed E-state index contributed by atoms with van der Waals surface area (Å²) in [5, 5.41) is 4.41. The third-order valence-electron chi connectivity index (χ3n) is 2.54. The van der Waals surface area contributed by atoms with E-state index in [0.29, 0.717) is 21.7 Å². The number of rotatable bonds is 4. The molecule has 0 atom stereocenters. The maximum atomic E-state index is 12.3. The van der Waals surface area contributed by atoms with Crippen LogP contribution >= 0.6 is 27.5 Å². The molecular formula is C11H12BrClN4O2S. The van der Waals surface area contributed by atoms with Gasteiger partial charge in [-0.2, -0.15) is 5.10 Å². The molecule has 0 unspecified atom stereocenters. The van der Waals surface area contributed by atoms with Crippen LogP contribution in [0.3, 0.4) is 0 Å². The van der Waals surface area contributed by atoms with Crippen molar-refractivity contribution in [1.29, 1.82) is 0 Å². The van der Waals surface area contributed by atoms with Gasteiger partial charge in [0.05, 0.1) is 5.69 Å². The maximum absolute atomic E-state index is 12.3. The summed E-state index contributed by atoms with van der Waals surface area (Å²) in [6.45, 7) is 2.37. The van der Waals surface area contributed by atoms with E-state index < -0.39 is 10.0 Å². The Kier molecular flexibility index (Phi) is 4.26. The van der Waals surface area contributed by atoms with Crippen molar-refractivity contribution in [2.45, 2.75) is 18.4 Å². The second kappa shape index (κ2) is 5.63. The normalized spacial score (nSPS) is 11.6. The number of nitrogens with zero attached hydrogens (tertiary/aromatic N) is 2. The first kappa shape index (κ1) is 15.1. The van der Waals surface area contributed by atoms with E-state index in [9.17, 15) is 8.42 Å². The molecule has 0 aliphatic rings. The predicted molar refractivity (Wildman–Crippen MR) is 82.3 cm³/mol. The van der Waals surface area contributed by atoms with Crippen molar-refractivity contribution in [1.82, 2.24) is 9.78 Å². The van der Waals surface area contributed by atoms with Crippen LogP contribution in [-0.2, 0) is 16.6 Å². The fourth-order valence-electron chi connectivity index (χ4n) is 1.56. The molecule has 1 heterocycles. The molecule has 0 amide bonds. The molecule has 0 aliphatic carbocycles. The summed E-state index contributed by atoms with van der Waals surface area (Å²) in [6.07, 6.45) is 1.39. The lowest BCUT2D eigenvalue weighted by Crippen LogP contribution is -2.14. The molecule has 20 heavy (non-hydrogen) atoms. The van der Waals surface area contributed by atoms with Crippen LogP contribution in [0.1, 0.15) is 6.92 Å². The highest BCUT2D eigenvalue weighted by Gasteiger charge is 2.22. The van der Waals surface area contributed by atoms with Gasteiger partial charge in [0, 0.05) is 22.2 Å². The lowest BCUT2D eigenvalue weighted by molar-refractivity contribution is 0.600. The Morgan fingerprint density at radius 1 is 1.50 bits per heavy atom. The molecule has 0 bridgehead atoms. The summed E-state index contributed by atoms with van der Waals surface area (Å²) in [6, 6.07) is 4.74. The van der Waals surface area contributed by atoms with Gasteiger partial charge < -0.3 is 5.73 Å². The fraction of sp³-hybridized carbons (Fsp3) is 0.182. The van der Waals surface area contributed by atoms with E-state index in [1.54, 1.807) is 18.2 Å². The van der Waals surface area contributed by atoms with Crippen molar-refractivity contribution in [3.05, 3.63) is 33.9 Å². The molecule has 1 aromatic carbocycles. The van der Waals surface area contributed by atoms with Gasteiger partial charge in [-0.1, -0.05) is 11.6 Å². The van der Waals surface area contributed by atoms with Crippen LogP contribution in [0, 0.1) is 0 Å². The second-order valence-electron chi connectivity index (χ2n) is 3.96. The van der Waals surface area contributed by atoms with Crippen LogP contribution < -0.4 is 10.5 Å². The van der Waals surface area contributed by atoms with Gasteiger partial charge in [-0.15, -0.1) is 0 Å². The SMILES string of the molecule is CCn1cc(S(=O)(=O)Nc2ccc(Cl)cc2Br)c(N)n1. The minimum atomic E-state index is -3.80. The van der Waals surface area contributed by atoms with Gasteiger partial charge in [0.25, 0.3) is 10.0 Å². The number of nitrogens with two attached hydrogens (primary N) is 1. The molecule has 0 fully saturated rings. The smallest absolute Gasteiger partial charge is 0.267 e. The summed E-state index contributed by atoms with van der Waals surface area (Å²) >= 11 is 9.06. The molecule has 0 spiro atoms. The molecule has 108 valence electrons. The number of nitrogen functional groups attached to an aromatic ring is 1. The average molecular weight is 380 g/mol. The zero-order chi connectivity index (χ0) is 14.9. The summed E-state index contributed by atoms with van der Waals surface area (Å²) in [7, 11) is -3.80. The highest BCUT2D eigenvalue weighted by molar-refractivity contribution is 9.10. The zero-order valence-electron chi connectivity index (χ0n) is 10.5. The van der Waals surface area contributed by atoms with E-state index in [1.165, 1.54) is 10.9 Å². The minimum absolute atomic E-state index is 0.0376. The molecule has 0 saturated carbocycles. The van der Waals surface area contributed by atoms with E-state index in [0.717, 1.165) is 0 Å². The van der Waals surface area contributed by atoms with Gasteiger partial charge >= 0.3 is 0 Å². The Labute approximate surface area is 130 Å². The van der Waals surface area contributed by atoms with Crippen molar-refractivity contribution in [3.63, 3.8) is 0 Å². The van der Waals surface area contributed by atoms with E-state index >= 15 is 0 Å². The number of halogens is 2. The van der Waals surface area contributed by atoms with Gasteiger partial charge in [0.2, 0.25) is 0 Å². The number of hydrogen-bond acceptors (Lipinski definition) is 4.